The van der Waals surface area contributed by atoms with Gasteiger partial charge < -0.3 is 10.1 Å². The second-order valence-electron chi connectivity index (χ2n) is 3.90. The van der Waals surface area contributed by atoms with E-state index in [9.17, 15) is 17.2 Å². The van der Waals surface area contributed by atoms with E-state index in [-0.39, 0.29) is 22.2 Å². The highest BCUT2D eigenvalue weighted by molar-refractivity contribution is 7.89. The Morgan fingerprint density at radius 1 is 1.45 bits per heavy atom. The van der Waals surface area contributed by atoms with Crippen LogP contribution in [0.2, 0.25) is 5.02 Å². The van der Waals surface area contributed by atoms with Crippen molar-refractivity contribution in [3.8, 4) is 5.75 Å². The van der Waals surface area contributed by atoms with Crippen LogP contribution < -0.4 is 10.1 Å². The van der Waals surface area contributed by atoms with E-state index in [1.807, 2.05) is 0 Å². The molecule has 0 bridgehead atoms. The van der Waals surface area contributed by atoms with Gasteiger partial charge in [-0.15, -0.1) is 0 Å². The third-order valence-corrected chi connectivity index (χ3v) is 4.65. The van der Waals surface area contributed by atoms with Crippen molar-refractivity contribution >= 4 is 21.6 Å². The van der Waals surface area contributed by atoms with Crippen LogP contribution in [0, 0.1) is 0 Å². The van der Waals surface area contributed by atoms with Crippen molar-refractivity contribution in [2.24, 2.45) is 0 Å². The SMILES string of the molecule is CNCCN(C)S(=O)(=O)c1ccc(OC(F)F)c(Cl)c1. The van der Waals surface area contributed by atoms with Gasteiger partial charge in [0.2, 0.25) is 10.0 Å². The van der Waals surface area contributed by atoms with E-state index in [1.165, 1.54) is 13.1 Å². The third-order valence-electron chi connectivity index (χ3n) is 2.50. The second-order valence-corrected chi connectivity index (χ2v) is 6.35. The lowest BCUT2D eigenvalue weighted by Crippen LogP contribution is -2.32. The van der Waals surface area contributed by atoms with Crippen LogP contribution in [-0.4, -0.2) is 46.5 Å². The summed E-state index contributed by atoms with van der Waals surface area (Å²) in [5.74, 6) is -0.265. The molecule has 0 saturated heterocycles. The van der Waals surface area contributed by atoms with Crippen molar-refractivity contribution in [1.29, 1.82) is 0 Å². The first-order valence-electron chi connectivity index (χ1n) is 5.64. The molecule has 0 aliphatic heterocycles. The van der Waals surface area contributed by atoms with E-state index in [4.69, 9.17) is 11.6 Å². The number of alkyl halides is 2. The first-order valence-corrected chi connectivity index (χ1v) is 7.46. The van der Waals surface area contributed by atoms with Crippen molar-refractivity contribution in [1.82, 2.24) is 9.62 Å². The number of likely N-dealkylation sites (N-methyl/N-ethyl adjacent to an activating group) is 2. The quantitative estimate of drug-likeness (QED) is 0.829. The molecule has 0 atom stereocenters. The van der Waals surface area contributed by atoms with Crippen molar-refractivity contribution in [3.63, 3.8) is 0 Å². The molecule has 0 aliphatic rings. The van der Waals surface area contributed by atoms with Crippen LogP contribution in [0.3, 0.4) is 0 Å². The molecule has 9 heteroatoms. The summed E-state index contributed by atoms with van der Waals surface area (Å²) in [4.78, 5) is -0.0808. The van der Waals surface area contributed by atoms with Crippen LogP contribution in [0.5, 0.6) is 5.75 Å². The summed E-state index contributed by atoms with van der Waals surface area (Å²) >= 11 is 5.73. The lowest BCUT2D eigenvalue weighted by Gasteiger charge is -2.17. The number of rotatable bonds is 7. The molecule has 0 aromatic heterocycles. The Hall–Kier alpha value is -0.960. The summed E-state index contributed by atoms with van der Waals surface area (Å²) < 4.78 is 53.8. The molecule has 0 unspecified atom stereocenters. The number of benzene rings is 1. The van der Waals surface area contributed by atoms with Crippen LogP contribution in [0.1, 0.15) is 0 Å². The molecular formula is C11H15ClF2N2O3S. The van der Waals surface area contributed by atoms with Crippen molar-refractivity contribution < 1.29 is 21.9 Å². The molecule has 0 aliphatic carbocycles. The molecule has 0 amide bonds. The third kappa shape index (κ3) is 4.27. The number of sulfonamides is 1. The molecule has 5 nitrogen and oxygen atoms in total. The van der Waals surface area contributed by atoms with Gasteiger partial charge in [0.25, 0.3) is 0 Å². The number of hydrogen-bond acceptors (Lipinski definition) is 4. The van der Waals surface area contributed by atoms with Gasteiger partial charge in [-0.2, -0.15) is 13.1 Å². The summed E-state index contributed by atoms with van der Waals surface area (Å²) in [6.45, 7) is -2.27. The highest BCUT2D eigenvalue weighted by Gasteiger charge is 2.22. The zero-order valence-electron chi connectivity index (χ0n) is 10.9. The topological polar surface area (TPSA) is 58.6 Å². The molecule has 0 saturated carbocycles. The maximum atomic E-state index is 12.2. The smallest absolute Gasteiger partial charge is 0.387 e. The van der Waals surface area contributed by atoms with Gasteiger partial charge >= 0.3 is 6.61 Å². The molecular weight excluding hydrogens is 314 g/mol. The molecule has 20 heavy (non-hydrogen) atoms. The Bertz CT molecular complexity index is 555. The van der Waals surface area contributed by atoms with Crippen LogP contribution in [0.25, 0.3) is 0 Å². The van der Waals surface area contributed by atoms with Gasteiger partial charge in [-0.1, -0.05) is 11.6 Å². The van der Waals surface area contributed by atoms with Gasteiger partial charge in [0.05, 0.1) is 9.92 Å². The molecule has 1 aromatic carbocycles. The summed E-state index contributed by atoms with van der Waals surface area (Å²) in [5.41, 5.74) is 0. The minimum atomic E-state index is -3.71. The standard InChI is InChI=1S/C11H15ClF2N2O3S/c1-15-5-6-16(2)20(17,18)8-3-4-10(9(12)7-8)19-11(13)14/h3-4,7,11,15H,5-6H2,1-2H3. The second kappa shape index (κ2) is 7.16. The highest BCUT2D eigenvalue weighted by atomic mass is 35.5. The van der Waals surface area contributed by atoms with Gasteiger partial charge in [-0.05, 0) is 25.2 Å². The zero-order valence-corrected chi connectivity index (χ0v) is 12.5. The molecule has 0 spiro atoms. The molecule has 114 valence electrons. The average molecular weight is 329 g/mol. The first-order chi connectivity index (χ1) is 9.28. The van der Waals surface area contributed by atoms with Gasteiger partial charge in [0.1, 0.15) is 5.75 Å². The first kappa shape index (κ1) is 17.1. The van der Waals surface area contributed by atoms with E-state index in [2.05, 4.69) is 10.1 Å². The minimum absolute atomic E-state index is 0.0808. The van der Waals surface area contributed by atoms with E-state index in [0.29, 0.717) is 6.54 Å². The fourth-order valence-corrected chi connectivity index (χ4v) is 2.89. The predicted octanol–water partition coefficient (Wildman–Crippen LogP) is 1.78. The molecule has 0 fully saturated rings. The Morgan fingerprint density at radius 3 is 2.60 bits per heavy atom. The average Bonchev–Trinajstić information content (AvgIpc) is 2.37. The number of ether oxygens (including phenoxy) is 1. The van der Waals surface area contributed by atoms with E-state index in [0.717, 1.165) is 16.4 Å². The Kier molecular flexibility index (Phi) is 6.12. The van der Waals surface area contributed by atoms with Crippen LogP contribution in [0.15, 0.2) is 23.1 Å². The summed E-state index contributed by atoms with van der Waals surface area (Å²) in [7, 11) is -0.590. The van der Waals surface area contributed by atoms with Crippen LogP contribution in [0.4, 0.5) is 8.78 Å². The Labute approximate surface area is 121 Å². The summed E-state index contributed by atoms with van der Waals surface area (Å²) in [6, 6.07) is 3.37. The summed E-state index contributed by atoms with van der Waals surface area (Å²) in [6.07, 6.45) is 0. The maximum Gasteiger partial charge on any atom is 0.387 e. The molecule has 0 radical (unpaired) electrons. The van der Waals surface area contributed by atoms with E-state index < -0.39 is 16.6 Å². The molecule has 1 aromatic rings. The van der Waals surface area contributed by atoms with Crippen LogP contribution in [-0.2, 0) is 10.0 Å². The predicted molar refractivity (Wildman–Crippen MR) is 71.8 cm³/mol. The number of hydrogen-bond donors (Lipinski definition) is 1. The normalized spacial score (nSPS) is 12.2. The molecule has 1 N–H and O–H groups in total. The zero-order chi connectivity index (χ0) is 15.3. The van der Waals surface area contributed by atoms with E-state index in [1.54, 1.807) is 7.05 Å². The van der Waals surface area contributed by atoms with Gasteiger partial charge in [-0.3, -0.25) is 0 Å². The number of nitrogens with zero attached hydrogens (tertiary/aromatic N) is 1. The van der Waals surface area contributed by atoms with Gasteiger partial charge in [0, 0.05) is 20.1 Å². The minimum Gasteiger partial charge on any atom is -0.433 e. The summed E-state index contributed by atoms with van der Waals surface area (Å²) in [5, 5.41) is 2.64. The maximum absolute atomic E-state index is 12.2. The van der Waals surface area contributed by atoms with E-state index >= 15 is 0 Å². The fourth-order valence-electron chi connectivity index (χ4n) is 1.40. The molecule has 0 heterocycles. The van der Waals surface area contributed by atoms with Gasteiger partial charge in [-0.25, -0.2) is 8.42 Å². The van der Waals surface area contributed by atoms with Crippen molar-refractivity contribution in [3.05, 3.63) is 23.2 Å². The van der Waals surface area contributed by atoms with Crippen LogP contribution >= 0.6 is 11.6 Å². The fraction of sp³-hybridized carbons (Fsp3) is 0.455. The monoisotopic (exact) mass is 328 g/mol. The lowest BCUT2D eigenvalue weighted by atomic mass is 10.3. The lowest BCUT2D eigenvalue weighted by molar-refractivity contribution is -0.0498. The van der Waals surface area contributed by atoms with Crippen molar-refractivity contribution in [2.45, 2.75) is 11.5 Å². The van der Waals surface area contributed by atoms with Crippen molar-refractivity contribution in [2.75, 3.05) is 27.2 Å². The highest BCUT2D eigenvalue weighted by Crippen LogP contribution is 2.29. The number of halogens is 3. The Morgan fingerprint density at radius 2 is 2.10 bits per heavy atom. The van der Waals surface area contributed by atoms with Gasteiger partial charge in [0.15, 0.2) is 0 Å². The largest absolute Gasteiger partial charge is 0.433 e. The Balaban J connectivity index is 2.99. The molecule has 1 rings (SSSR count). The number of nitrogens with one attached hydrogen (secondary N) is 1.